The number of hydrogen-bond acceptors (Lipinski definition) is 4. The van der Waals surface area contributed by atoms with Crippen molar-refractivity contribution in [3.8, 4) is 5.75 Å². The summed E-state index contributed by atoms with van der Waals surface area (Å²) in [5.74, 6) is 1.74. The predicted molar refractivity (Wildman–Crippen MR) is 104 cm³/mol. The van der Waals surface area contributed by atoms with Crippen LogP contribution in [0.1, 0.15) is 45.4 Å². The molecule has 1 heterocycles. The maximum absolute atomic E-state index is 12.2. The van der Waals surface area contributed by atoms with Crippen molar-refractivity contribution in [2.24, 2.45) is 5.92 Å². The van der Waals surface area contributed by atoms with E-state index in [1.54, 1.807) is 7.11 Å². The van der Waals surface area contributed by atoms with Crippen LogP contribution in [0.2, 0.25) is 0 Å². The molecule has 0 aromatic heterocycles. The van der Waals surface area contributed by atoms with Crippen molar-refractivity contribution < 1.29 is 14.3 Å². The van der Waals surface area contributed by atoms with Gasteiger partial charge in [0.1, 0.15) is 12.4 Å². The Balaban J connectivity index is 1.39. The predicted octanol–water partition coefficient (Wildman–Crippen LogP) is 3.38. The van der Waals surface area contributed by atoms with E-state index in [2.05, 4.69) is 23.2 Å². The highest BCUT2D eigenvalue weighted by molar-refractivity contribution is 5.77. The first-order valence-corrected chi connectivity index (χ1v) is 9.94. The lowest BCUT2D eigenvalue weighted by Gasteiger charge is -2.34. The minimum Gasteiger partial charge on any atom is -0.495 e. The number of hydrogen-bond donors (Lipinski definition) is 1. The highest BCUT2D eigenvalue weighted by atomic mass is 16.5. The lowest BCUT2D eigenvalue weighted by molar-refractivity contribution is -0.129. The van der Waals surface area contributed by atoms with E-state index in [-0.39, 0.29) is 24.7 Å². The molecule has 1 aliphatic carbocycles. The van der Waals surface area contributed by atoms with E-state index in [0.717, 1.165) is 56.1 Å². The summed E-state index contributed by atoms with van der Waals surface area (Å²) in [6, 6.07) is 8.35. The number of benzene rings is 1. The summed E-state index contributed by atoms with van der Waals surface area (Å²) in [6.07, 6.45) is 6.78. The van der Waals surface area contributed by atoms with Crippen LogP contribution in [0.5, 0.6) is 5.75 Å². The third-order valence-electron chi connectivity index (χ3n) is 5.70. The van der Waals surface area contributed by atoms with E-state index in [9.17, 15) is 4.79 Å². The van der Waals surface area contributed by atoms with Crippen LogP contribution in [0.15, 0.2) is 24.3 Å². The molecule has 1 saturated carbocycles. The monoisotopic (exact) mass is 360 g/mol. The van der Waals surface area contributed by atoms with Gasteiger partial charge in [-0.15, -0.1) is 0 Å². The number of rotatable bonds is 6. The maximum Gasteiger partial charge on any atom is 0.246 e. The van der Waals surface area contributed by atoms with Crippen LogP contribution in [-0.4, -0.2) is 44.9 Å². The van der Waals surface area contributed by atoms with Crippen molar-refractivity contribution >= 4 is 11.6 Å². The Hall–Kier alpha value is -1.75. The summed E-state index contributed by atoms with van der Waals surface area (Å²) in [7, 11) is 1.71. The summed E-state index contributed by atoms with van der Waals surface area (Å²) in [4.78, 5) is 14.5. The number of piperidine rings is 1. The second-order valence-corrected chi connectivity index (χ2v) is 7.69. The van der Waals surface area contributed by atoms with Gasteiger partial charge in [0.25, 0.3) is 0 Å². The quantitative estimate of drug-likeness (QED) is 0.845. The fourth-order valence-electron chi connectivity index (χ4n) is 4.01. The van der Waals surface area contributed by atoms with Crippen LogP contribution in [0.4, 0.5) is 5.69 Å². The van der Waals surface area contributed by atoms with E-state index >= 15 is 0 Å². The summed E-state index contributed by atoms with van der Waals surface area (Å²) in [6.45, 7) is 4.34. The van der Waals surface area contributed by atoms with Crippen molar-refractivity contribution in [1.29, 1.82) is 0 Å². The van der Waals surface area contributed by atoms with Crippen molar-refractivity contribution in [2.45, 2.75) is 57.6 Å². The molecule has 1 aromatic rings. The summed E-state index contributed by atoms with van der Waals surface area (Å²) >= 11 is 0. The fraction of sp³-hybridized carbons (Fsp3) is 0.667. The molecule has 1 N–H and O–H groups in total. The SMILES string of the molecule is COc1ccccc1N1CCC(NC(=O)COC2CCC(C)CC2)CC1. The van der Waals surface area contributed by atoms with Crippen LogP contribution < -0.4 is 15.0 Å². The highest BCUT2D eigenvalue weighted by Crippen LogP contribution is 2.30. The number of nitrogens with one attached hydrogen (secondary N) is 1. The molecule has 1 amide bonds. The number of methoxy groups -OCH3 is 1. The molecule has 0 spiro atoms. The van der Waals surface area contributed by atoms with E-state index in [0.29, 0.717) is 0 Å². The van der Waals surface area contributed by atoms with Crippen LogP contribution in [0.25, 0.3) is 0 Å². The lowest BCUT2D eigenvalue weighted by atomic mass is 9.89. The van der Waals surface area contributed by atoms with Crippen LogP contribution >= 0.6 is 0 Å². The average molecular weight is 360 g/mol. The molecule has 0 unspecified atom stereocenters. The molecule has 5 heteroatoms. The summed E-state index contributed by atoms with van der Waals surface area (Å²) < 4.78 is 11.3. The molecule has 0 radical (unpaired) electrons. The van der Waals surface area contributed by atoms with Crippen LogP contribution in [0.3, 0.4) is 0 Å². The summed E-state index contributed by atoms with van der Waals surface area (Å²) in [5, 5.41) is 3.15. The van der Waals surface area contributed by atoms with Gasteiger partial charge in [-0.05, 0) is 56.6 Å². The molecule has 0 atom stereocenters. The third kappa shape index (κ3) is 5.13. The smallest absolute Gasteiger partial charge is 0.246 e. The van der Waals surface area contributed by atoms with Crippen molar-refractivity contribution in [3.63, 3.8) is 0 Å². The summed E-state index contributed by atoms with van der Waals surface area (Å²) in [5.41, 5.74) is 1.13. The Morgan fingerprint density at radius 1 is 1.12 bits per heavy atom. The number of para-hydroxylation sites is 2. The molecule has 1 aromatic carbocycles. The second-order valence-electron chi connectivity index (χ2n) is 7.69. The van der Waals surface area contributed by atoms with Crippen LogP contribution in [0, 0.1) is 5.92 Å². The van der Waals surface area contributed by atoms with Gasteiger partial charge in [0, 0.05) is 19.1 Å². The zero-order valence-electron chi connectivity index (χ0n) is 16.1. The van der Waals surface area contributed by atoms with Gasteiger partial charge in [-0.3, -0.25) is 4.79 Å². The Morgan fingerprint density at radius 3 is 2.50 bits per heavy atom. The highest BCUT2D eigenvalue weighted by Gasteiger charge is 2.24. The van der Waals surface area contributed by atoms with Crippen molar-refractivity contribution in [1.82, 2.24) is 5.32 Å². The standard InChI is InChI=1S/C21H32N2O3/c1-16-7-9-18(10-8-16)26-15-21(24)22-17-11-13-23(14-12-17)19-5-3-4-6-20(19)25-2/h3-6,16-18H,7-15H2,1-2H3,(H,22,24). The lowest BCUT2D eigenvalue weighted by Crippen LogP contribution is -2.46. The number of anilines is 1. The van der Waals surface area contributed by atoms with Crippen molar-refractivity contribution in [3.05, 3.63) is 24.3 Å². The van der Waals surface area contributed by atoms with Gasteiger partial charge < -0.3 is 19.7 Å². The third-order valence-corrected chi connectivity index (χ3v) is 5.70. The number of carbonyl (C=O) groups is 1. The molecule has 2 aliphatic rings. The molecule has 2 fully saturated rings. The molecular weight excluding hydrogens is 328 g/mol. The van der Waals surface area contributed by atoms with Gasteiger partial charge in [0.15, 0.2) is 0 Å². The molecule has 144 valence electrons. The van der Waals surface area contributed by atoms with E-state index in [4.69, 9.17) is 9.47 Å². The van der Waals surface area contributed by atoms with Gasteiger partial charge in [0.05, 0.1) is 18.9 Å². The van der Waals surface area contributed by atoms with Crippen LogP contribution in [-0.2, 0) is 9.53 Å². The second kappa shape index (κ2) is 9.26. The first-order valence-electron chi connectivity index (χ1n) is 9.94. The Labute approximate surface area is 157 Å². The minimum absolute atomic E-state index is 0.0272. The van der Waals surface area contributed by atoms with E-state index in [1.165, 1.54) is 12.8 Å². The first kappa shape index (κ1) is 19.0. The van der Waals surface area contributed by atoms with Gasteiger partial charge in [-0.1, -0.05) is 19.1 Å². The largest absolute Gasteiger partial charge is 0.495 e. The average Bonchev–Trinajstić information content (AvgIpc) is 2.68. The zero-order valence-corrected chi connectivity index (χ0v) is 16.1. The van der Waals surface area contributed by atoms with E-state index < -0.39 is 0 Å². The van der Waals surface area contributed by atoms with Gasteiger partial charge in [-0.25, -0.2) is 0 Å². The number of ether oxygens (including phenoxy) is 2. The molecule has 0 bridgehead atoms. The number of carbonyl (C=O) groups excluding carboxylic acids is 1. The van der Waals surface area contributed by atoms with Gasteiger partial charge in [-0.2, -0.15) is 0 Å². The van der Waals surface area contributed by atoms with Gasteiger partial charge >= 0.3 is 0 Å². The Morgan fingerprint density at radius 2 is 1.81 bits per heavy atom. The Kier molecular flexibility index (Phi) is 6.78. The fourth-order valence-corrected chi connectivity index (χ4v) is 4.01. The minimum atomic E-state index is 0.0272. The Bertz CT molecular complexity index is 576. The van der Waals surface area contributed by atoms with Crippen molar-refractivity contribution in [2.75, 3.05) is 31.7 Å². The molecule has 5 nitrogen and oxygen atoms in total. The molecule has 3 rings (SSSR count). The molecule has 1 saturated heterocycles. The molecular formula is C21H32N2O3. The number of nitrogens with zero attached hydrogens (tertiary/aromatic N) is 1. The normalized spacial score (nSPS) is 24.3. The zero-order chi connectivity index (χ0) is 18.4. The van der Waals surface area contributed by atoms with Gasteiger partial charge in [0.2, 0.25) is 5.91 Å². The molecule has 1 aliphatic heterocycles. The first-order chi connectivity index (χ1) is 12.7. The van der Waals surface area contributed by atoms with E-state index in [1.807, 2.05) is 18.2 Å². The topological polar surface area (TPSA) is 50.8 Å². The number of amides is 1. The molecule has 26 heavy (non-hydrogen) atoms. The maximum atomic E-state index is 12.2.